The Kier molecular flexibility index (Phi) is 7.37. The average molecular weight is 515 g/mol. The minimum Gasteiger partial charge on any atom is -0.361 e. The van der Waals surface area contributed by atoms with Crippen LogP contribution >= 0.6 is 11.6 Å². The summed E-state index contributed by atoms with van der Waals surface area (Å²) in [6, 6.07) is 10.9. The first-order valence-electron chi connectivity index (χ1n) is 10.7. The number of benzene rings is 2. The van der Waals surface area contributed by atoms with Crippen molar-refractivity contribution < 1.29 is 18.0 Å². The van der Waals surface area contributed by atoms with Gasteiger partial charge in [-0.3, -0.25) is 4.79 Å². The molecule has 1 atom stereocenters. The van der Waals surface area contributed by atoms with Crippen LogP contribution in [0.5, 0.6) is 0 Å². The molecule has 4 rings (SSSR count). The Balaban J connectivity index is 1.48. The number of sulfonamides is 1. The number of para-hydroxylation sites is 1. The van der Waals surface area contributed by atoms with Crippen molar-refractivity contribution in [2.45, 2.75) is 23.8 Å². The van der Waals surface area contributed by atoms with E-state index in [2.05, 4.69) is 25.6 Å². The van der Waals surface area contributed by atoms with E-state index >= 15 is 0 Å². The molecule has 182 valence electrons. The lowest BCUT2D eigenvalue weighted by Gasteiger charge is -2.19. The molecular formula is C23H23ClN6O4S. The molecule has 0 spiro atoms. The second-order valence-corrected chi connectivity index (χ2v) is 9.89. The van der Waals surface area contributed by atoms with Crippen LogP contribution in [0.2, 0.25) is 5.02 Å². The maximum absolute atomic E-state index is 13.0. The van der Waals surface area contributed by atoms with Crippen molar-refractivity contribution in [3.05, 3.63) is 83.5 Å². The highest BCUT2D eigenvalue weighted by molar-refractivity contribution is 7.90. The number of amides is 3. The summed E-state index contributed by atoms with van der Waals surface area (Å²) in [5.41, 5.74) is 2.53. The number of hydrogen-bond donors (Lipinski definition) is 5. The molecule has 2 aromatic carbocycles. The highest BCUT2D eigenvalue weighted by Crippen LogP contribution is 2.19. The molecule has 0 saturated carbocycles. The van der Waals surface area contributed by atoms with E-state index in [9.17, 15) is 18.0 Å². The quantitative estimate of drug-likeness (QED) is 0.233. The normalized spacial score (nSPS) is 12.3. The van der Waals surface area contributed by atoms with Gasteiger partial charge in [-0.1, -0.05) is 29.8 Å². The van der Waals surface area contributed by atoms with Gasteiger partial charge >= 0.3 is 6.03 Å². The number of aromatic amines is 2. The lowest BCUT2D eigenvalue weighted by molar-refractivity contribution is -0.122. The standard InChI is InChI=1S/C23H23ClN6O4S/c24-16-5-7-18(8-6-16)35(33,34)30-23(32)29-21(22(31)26-10-9-17-13-25-14-28-17)11-15-12-27-20-4-2-1-3-19(15)20/h1-8,12-14,21,27H,9-11H2,(H,25,28)(H,26,31)(H2,29,30,32)/t21-/m0/s1. The van der Waals surface area contributed by atoms with Crippen molar-refractivity contribution in [3.8, 4) is 0 Å². The molecule has 2 aromatic heterocycles. The van der Waals surface area contributed by atoms with E-state index < -0.39 is 28.0 Å². The third-order valence-corrected chi connectivity index (χ3v) is 6.92. The smallest absolute Gasteiger partial charge is 0.329 e. The summed E-state index contributed by atoms with van der Waals surface area (Å²) in [7, 11) is -4.16. The van der Waals surface area contributed by atoms with Gasteiger partial charge in [0.05, 0.1) is 11.2 Å². The van der Waals surface area contributed by atoms with E-state index in [0.29, 0.717) is 18.0 Å². The van der Waals surface area contributed by atoms with Gasteiger partial charge in [0.1, 0.15) is 6.04 Å². The fourth-order valence-corrected chi connectivity index (χ4v) is 4.62. The molecule has 0 aliphatic rings. The Morgan fingerprint density at radius 2 is 1.83 bits per heavy atom. The lowest BCUT2D eigenvalue weighted by atomic mass is 10.0. The molecule has 0 aliphatic carbocycles. The zero-order chi connectivity index (χ0) is 24.8. The predicted molar refractivity (Wildman–Crippen MR) is 131 cm³/mol. The molecule has 4 aromatic rings. The van der Waals surface area contributed by atoms with E-state index in [-0.39, 0.29) is 11.3 Å². The highest BCUT2D eigenvalue weighted by Gasteiger charge is 2.25. The Hall–Kier alpha value is -3.83. The van der Waals surface area contributed by atoms with E-state index in [0.717, 1.165) is 22.2 Å². The van der Waals surface area contributed by atoms with Crippen molar-refractivity contribution in [2.24, 2.45) is 0 Å². The number of hydrogen-bond acceptors (Lipinski definition) is 5. The maximum Gasteiger partial charge on any atom is 0.329 e. The van der Waals surface area contributed by atoms with Crippen LogP contribution in [0.25, 0.3) is 10.9 Å². The number of H-pyrrole nitrogens is 2. The van der Waals surface area contributed by atoms with Crippen molar-refractivity contribution in [3.63, 3.8) is 0 Å². The number of halogens is 1. The summed E-state index contributed by atoms with van der Waals surface area (Å²) in [4.78, 5) is 35.5. The number of nitrogens with one attached hydrogen (secondary N) is 5. The first kappa shape index (κ1) is 24.3. The molecule has 0 saturated heterocycles. The van der Waals surface area contributed by atoms with E-state index in [1.54, 1.807) is 18.7 Å². The Labute approximate surface area is 206 Å². The molecular weight excluding hydrogens is 492 g/mol. The fraction of sp³-hybridized carbons (Fsp3) is 0.174. The topological polar surface area (TPSA) is 149 Å². The monoisotopic (exact) mass is 514 g/mol. The van der Waals surface area contributed by atoms with Crippen molar-refractivity contribution in [1.29, 1.82) is 0 Å². The van der Waals surface area contributed by atoms with Crippen LogP contribution < -0.4 is 15.4 Å². The molecule has 0 bridgehead atoms. The van der Waals surface area contributed by atoms with Crippen LogP contribution in [0.3, 0.4) is 0 Å². The van der Waals surface area contributed by atoms with Crippen molar-refractivity contribution >= 4 is 44.5 Å². The highest BCUT2D eigenvalue weighted by atomic mass is 35.5. The van der Waals surface area contributed by atoms with Crippen molar-refractivity contribution in [2.75, 3.05) is 6.54 Å². The average Bonchev–Trinajstić information content (AvgIpc) is 3.49. The number of rotatable bonds is 9. The second-order valence-electron chi connectivity index (χ2n) is 7.77. The second kappa shape index (κ2) is 10.6. The molecule has 2 heterocycles. The van der Waals surface area contributed by atoms with Crippen molar-refractivity contribution in [1.82, 2.24) is 30.3 Å². The van der Waals surface area contributed by atoms with Gasteiger partial charge in [-0.05, 0) is 35.9 Å². The molecule has 12 heteroatoms. The lowest BCUT2D eigenvalue weighted by Crippen LogP contribution is -2.52. The van der Waals surface area contributed by atoms with Crippen LogP contribution in [0.4, 0.5) is 4.79 Å². The van der Waals surface area contributed by atoms with Gasteiger partial charge in [0.15, 0.2) is 0 Å². The zero-order valence-corrected chi connectivity index (χ0v) is 20.0. The minimum absolute atomic E-state index is 0.130. The van der Waals surface area contributed by atoms with Gasteiger partial charge in [0, 0.05) is 53.4 Å². The molecule has 3 amide bonds. The Bertz CT molecular complexity index is 1420. The van der Waals surface area contributed by atoms with Crippen LogP contribution in [-0.4, -0.2) is 47.9 Å². The molecule has 0 radical (unpaired) electrons. The minimum atomic E-state index is -4.16. The third-order valence-electron chi connectivity index (χ3n) is 5.32. The first-order valence-corrected chi connectivity index (χ1v) is 12.6. The van der Waals surface area contributed by atoms with Crippen LogP contribution in [-0.2, 0) is 27.7 Å². The first-order chi connectivity index (χ1) is 16.8. The van der Waals surface area contributed by atoms with Gasteiger partial charge < -0.3 is 20.6 Å². The summed E-state index contributed by atoms with van der Waals surface area (Å²) in [6.45, 7) is 0.303. The number of aromatic nitrogens is 3. The SMILES string of the molecule is O=C(N[C@@H](Cc1c[nH]c2ccccc12)C(=O)NCCc1cnc[nH]1)NS(=O)(=O)c1ccc(Cl)cc1. The summed E-state index contributed by atoms with van der Waals surface area (Å²) < 4.78 is 27.1. The number of urea groups is 1. The summed E-state index contributed by atoms with van der Waals surface area (Å²) in [5, 5.41) is 6.55. The molecule has 0 fully saturated rings. The van der Waals surface area contributed by atoms with Gasteiger partial charge in [0.25, 0.3) is 10.0 Å². The molecule has 0 unspecified atom stereocenters. The van der Waals surface area contributed by atoms with Crippen LogP contribution in [0.15, 0.2) is 72.1 Å². The summed E-state index contributed by atoms with van der Waals surface area (Å²) in [5.74, 6) is -0.450. The maximum atomic E-state index is 13.0. The molecule has 10 nitrogen and oxygen atoms in total. The predicted octanol–water partition coefficient (Wildman–Crippen LogP) is 2.50. The van der Waals surface area contributed by atoms with E-state index in [1.807, 2.05) is 29.0 Å². The van der Waals surface area contributed by atoms with Crippen LogP contribution in [0, 0.1) is 0 Å². The summed E-state index contributed by atoms with van der Waals surface area (Å²) >= 11 is 5.81. The summed E-state index contributed by atoms with van der Waals surface area (Å²) in [6.07, 6.45) is 5.63. The number of carbonyl (C=O) groups excluding carboxylic acids is 2. The number of fused-ring (bicyclic) bond motifs is 1. The number of imidazole rings is 1. The largest absolute Gasteiger partial charge is 0.361 e. The third kappa shape index (κ3) is 6.19. The Morgan fingerprint density at radius 3 is 2.57 bits per heavy atom. The van der Waals surface area contributed by atoms with E-state index in [1.165, 1.54) is 24.3 Å². The zero-order valence-electron chi connectivity index (χ0n) is 18.4. The molecule has 5 N–H and O–H groups in total. The number of nitrogens with zero attached hydrogens (tertiary/aromatic N) is 1. The Morgan fingerprint density at radius 1 is 1.06 bits per heavy atom. The molecule has 0 aliphatic heterocycles. The van der Waals surface area contributed by atoms with E-state index in [4.69, 9.17) is 11.6 Å². The van der Waals surface area contributed by atoms with Gasteiger partial charge in [0.2, 0.25) is 5.91 Å². The van der Waals surface area contributed by atoms with Gasteiger partial charge in [-0.2, -0.15) is 0 Å². The van der Waals surface area contributed by atoms with Gasteiger partial charge in [-0.15, -0.1) is 0 Å². The van der Waals surface area contributed by atoms with Gasteiger partial charge in [-0.25, -0.2) is 22.9 Å². The molecule has 35 heavy (non-hydrogen) atoms. The van der Waals surface area contributed by atoms with Crippen LogP contribution in [0.1, 0.15) is 11.3 Å². The number of carbonyl (C=O) groups is 2. The fourth-order valence-electron chi connectivity index (χ4n) is 3.58.